The Kier molecular flexibility index (Phi) is 4.30. The van der Waals surface area contributed by atoms with Gasteiger partial charge in [0.25, 0.3) is 5.91 Å². The van der Waals surface area contributed by atoms with Crippen molar-refractivity contribution in [1.82, 2.24) is 4.90 Å². The van der Waals surface area contributed by atoms with Crippen molar-refractivity contribution in [3.63, 3.8) is 0 Å². The summed E-state index contributed by atoms with van der Waals surface area (Å²) in [7, 11) is -3.28. The largest absolute Gasteiger partial charge is 0.339 e. The molecule has 1 aromatic rings. The topological polar surface area (TPSA) is 54.5 Å². The number of likely N-dealkylation sites (tertiary alicyclic amines) is 1. The summed E-state index contributed by atoms with van der Waals surface area (Å²) in [6.45, 7) is 1.41. The van der Waals surface area contributed by atoms with E-state index in [0.717, 1.165) is 19.1 Å². The van der Waals surface area contributed by atoms with Crippen LogP contribution in [0.4, 0.5) is 0 Å². The molecular weight excluding hydrogens is 330 g/mol. The van der Waals surface area contributed by atoms with Crippen molar-refractivity contribution in [3.8, 4) is 0 Å². The van der Waals surface area contributed by atoms with E-state index in [9.17, 15) is 13.2 Å². The van der Waals surface area contributed by atoms with Gasteiger partial charge in [0.15, 0.2) is 9.84 Å². The van der Waals surface area contributed by atoms with Gasteiger partial charge in [-0.25, -0.2) is 8.42 Å². The van der Waals surface area contributed by atoms with Gasteiger partial charge in [-0.15, -0.1) is 0 Å². The van der Waals surface area contributed by atoms with Gasteiger partial charge in [0, 0.05) is 29.7 Å². The summed E-state index contributed by atoms with van der Waals surface area (Å²) in [4.78, 5) is 14.7. The quantitative estimate of drug-likeness (QED) is 0.771. The third-order valence-corrected chi connectivity index (χ3v) is 5.25. The lowest BCUT2D eigenvalue weighted by molar-refractivity contribution is 0.0728. The van der Waals surface area contributed by atoms with Crippen LogP contribution in [0.15, 0.2) is 29.2 Å². The molecule has 1 aromatic carbocycles. The average molecular weight is 346 g/mol. The van der Waals surface area contributed by atoms with E-state index in [1.807, 2.05) is 0 Å². The monoisotopic (exact) mass is 345 g/mol. The minimum Gasteiger partial charge on any atom is -0.339 e. The predicted molar refractivity (Wildman–Crippen MR) is 77.4 cm³/mol. The van der Waals surface area contributed by atoms with Gasteiger partial charge in [0.05, 0.1) is 4.90 Å². The number of nitrogens with zero attached hydrogens (tertiary/aromatic N) is 1. The van der Waals surface area contributed by atoms with Gasteiger partial charge in [0.1, 0.15) is 0 Å². The van der Waals surface area contributed by atoms with Crippen LogP contribution in [0.2, 0.25) is 0 Å². The smallest absolute Gasteiger partial charge is 0.253 e. The zero-order valence-corrected chi connectivity index (χ0v) is 13.1. The summed E-state index contributed by atoms with van der Waals surface area (Å²) < 4.78 is 23.0. The molecule has 104 valence electrons. The first-order chi connectivity index (χ1) is 8.88. The number of rotatable bonds is 2. The second-order valence-corrected chi connectivity index (χ2v) is 8.08. The highest BCUT2D eigenvalue weighted by molar-refractivity contribution is 9.09. The fraction of sp³-hybridized carbons (Fsp3) is 0.462. The highest BCUT2D eigenvalue weighted by atomic mass is 79.9. The molecule has 1 saturated heterocycles. The lowest BCUT2D eigenvalue weighted by Gasteiger charge is -2.29. The third kappa shape index (κ3) is 3.57. The van der Waals surface area contributed by atoms with E-state index in [0.29, 0.717) is 23.5 Å². The Morgan fingerprint density at radius 3 is 2.53 bits per heavy atom. The highest BCUT2D eigenvalue weighted by Gasteiger charge is 2.22. The minimum atomic E-state index is -3.28. The number of benzene rings is 1. The fourth-order valence-electron chi connectivity index (χ4n) is 2.09. The number of alkyl halides is 1. The number of hydrogen-bond acceptors (Lipinski definition) is 3. The molecule has 0 saturated carbocycles. The number of hydrogen-bond donors (Lipinski definition) is 0. The molecule has 0 atom stereocenters. The molecule has 0 aromatic heterocycles. The van der Waals surface area contributed by atoms with E-state index in [4.69, 9.17) is 0 Å². The third-order valence-electron chi connectivity index (χ3n) is 3.22. The molecule has 0 unspecified atom stereocenters. The van der Waals surface area contributed by atoms with Crippen LogP contribution in [0, 0.1) is 0 Å². The number of amides is 1. The van der Waals surface area contributed by atoms with Crippen LogP contribution in [0.3, 0.4) is 0 Å². The Bertz CT molecular complexity index is 577. The number of carbonyl (C=O) groups excluding carboxylic acids is 1. The molecule has 0 aliphatic carbocycles. The Labute approximate surface area is 121 Å². The minimum absolute atomic E-state index is 0.0927. The summed E-state index contributed by atoms with van der Waals surface area (Å²) in [5.74, 6) is -0.0927. The van der Waals surface area contributed by atoms with E-state index in [1.54, 1.807) is 17.0 Å². The Hall–Kier alpha value is -0.880. The van der Waals surface area contributed by atoms with Crippen LogP contribution in [0.25, 0.3) is 0 Å². The molecule has 4 nitrogen and oxygen atoms in total. The van der Waals surface area contributed by atoms with E-state index in [-0.39, 0.29) is 10.8 Å². The average Bonchev–Trinajstić information content (AvgIpc) is 2.38. The number of halogens is 1. The summed E-state index contributed by atoms with van der Waals surface area (Å²) in [6.07, 6.45) is 3.00. The van der Waals surface area contributed by atoms with E-state index >= 15 is 0 Å². The summed E-state index contributed by atoms with van der Waals surface area (Å²) in [5.41, 5.74) is 0.441. The maximum absolute atomic E-state index is 12.3. The normalized spacial score (nSPS) is 17.5. The Balaban J connectivity index is 2.20. The van der Waals surface area contributed by atoms with Gasteiger partial charge in [-0.1, -0.05) is 22.0 Å². The molecule has 0 N–H and O–H groups in total. The predicted octanol–water partition coefficient (Wildman–Crippen LogP) is 2.09. The molecule has 1 aliphatic heterocycles. The maximum atomic E-state index is 12.3. The van der Waals surface area contributed by atoms with Crippen molar-refractivity contribution < 1.29 is 13.2 Å². The zero-order valence-electron chi connectivity index (χ0n) is 10.7. The van der Waals surface area contributed by atoms with Gasteiger partial charge in [-0.2, -0.15) is 0 Å². The van der Waals surface area contributed by atoms with Crippen LogP contribution in [0.5, 0.6) is 0 Å². The molecule has 0 radical (unpaired) electrons. The van der Waals surface area contributed by atoms with Crippen molar-refractivity contribution in [1.29, 1.82) is 0 Å². The van der Waals surface area contributed by atoms with Gasteiger partial charge in [-0.05, 0) is 31.0 Å². The fourth-order valence-corrected chi connectivity index (χ4v) is 3.17. The van der Waals surface area contributed by atoms with E-state index < -0.39 is 9.84 Å². The van der Waals surface area contributed by atoms with E-state index in [2.05, 4.69) is 15.9 Å². The number of piperidine rings is 1. The van der Waals surface area contributed by atoms with Crippen molar-refractivity contribution in [3.05, 3.63) is 29.8 Å². The van der Waals surface area contributed by atoms with Crippen LogP contribution < -0.4 is 0 Å². The van der Waals surface area contributed by atoms with Gasteiger partial charge in [0.2, 0.25) is 0 Å². The summed E-state index contributed by atoms with van der Waals surface area (Å²) in [5, 5.41) is 0. The number of carbonyl (C=O) groups is 1. The molecule has 19 heavy (non-hydrogen) atoms. The number of sulfone groups is 1. The first-order valence-electron chi connectivity index (χ1n) is 6.11. The zero-order chi connectivity index (χ0) is 14.0. The molecule has 1 heterocycles. The molecule has 6 heteroatoms. The highest BCUT2D eigenvalue weighted by Crippen LogP contribution is 2.20. The van der Waals surface area contributed by atoms with Crippen LogP contribution in [-0.2, 0) is 9.84 Å². The Morgan fingerprint density at radius 2 is 1.95 bits per heavy atom. The van der Waals surface area contributed by atoms with Gasteiger partial charge >= 0.3 is 0 Å². The summed E-state index contributed by atoms with van der Waals surface area (Å²) >= 11 is 3.54. The molecule has 1 fully saturated rings. The maximum Gasteiger partial charge on any atom is 0.253 e. The van der Waals surface area contributed by atoms with Gasteiger partial charge in [-0.3, -0.25) is 4.79 Å². The molecule has 0 spiro atoms. The van der Waals surface area contributed by atoms with Crippen molar-refractivity contribution in [2.75, 3.05) is 19.3 Å². The molecule has 2 rings (SSSR count). The molecular formula is C13H16BrNO3S. The SMILES string of the molecule is CS(=O)(=O)c1cccc(C(=O)N2CCC(Br)CC2)c1. The first kappa shape index (κ1) is 14.5. The lowest BCUT2D eigenvalue weighted by atomic mass is 10.1. The first-order valence-corrected chi connectivity index (χ1v) is 8.92. The summed E-state index contributed by atoms with van der Waals surface area (Å²) in [6, 6.07) is 6.24. The Morgan fingerprint density at radius 1 is 1.32 bits per heavy atom. The standard InChI is InChI=1S/C13H16BrNO3S/c1-19(17,18)12-4-2-3-10(9-12)13(16)15-7-5-11(14)6-8-15/h2-4,9,11H,5-8H2,1H3. The lowest BCUT2D eigenvalue weighted by Crippen LogP contribution is -2.38. The molecule has 0 bridgehead atoms. The van der Waals surface area contributed by atoms with Gasteiger partial charge < -0.3 is 4.90 Å². The molecule has 1 aliphatic rings. The van der Waals surface area contributed by atoms with Crippen molar-refractivity contribution >= 4 is 31.7 Å². The second-order valence-electron chi connectivity index (χ2n) is 4.77. The van der Waals surface area contributed by atoms with Crippen LogP contribution >= 0.6 is 15.9 Å². The van der Waals surface area contributed by atoms with E-state index in [1.165, 1.54) is 12.1 Å². The van der Waals surface area contributed by atoms with Crippen molar-refractivity contribution in [2.24, 2.45) is 0 Å². The second kappa shape index (κ2) is 5.63. The van der Waals surface area contributed by atoms with Crippen LogP contribution in [-0.4, -0.2) is 43.4 Å². The van der Waals surface area contributed by atoms with Crippen LogP contribution in [0.1, 0.15) is 23.2 Å². The van der Waals surface area contributed by atoms with Crippen molar-refractivity contribution in [2.45, 2.75) is 22.6 Å². The molecule has 1 amide bonds.